The van der Waals surface area contributed by atoms with E-state index in [-0.39, 0.29) is 17.7 Å². The number of rotatable bonds is 6. The molecular weight excluding hydrogens is 457 g/mol. The average molecular weight is 494 g/mol. The van der Waals surface area contributed by atoms with Crippen LogP contribution in [0.15, 0.2) is 12.1 Å². The zero-order chi connectivity index (χ0) is 24.8. The molecule has 4 unspecified atom stereocenters. The Labute approximate surface area is 211 Å². The Morgan fingerprint density at radius 2 is 2.11 bits per heavy atom. The lowest BCUT2D eigenvalue weighted by atomic mass is 9.73. The molecule has 4 atom stereocenters. The lowest BCUT2D eigenvalue weighted by Gasteiger charge is -2.46. The third-order valence-corrected chi connectivity index (χ3v) is 8.95. The van der Waals surface area contributed by atoms with E-state index in [1.807, 2.05) is 0 Å². The number of nitrogens with one attached hydrogen (secondary N) is 3. The second kappa shape index (κ2) is 9.75. The van der Waals surface area contributed by atoms with Crippen molar-refractivity contribution < 1.29 is 9.50 Å². The van der Waals surface area contributed by atoms with Crippen LogP contribution in [-0.4, -0.2) is 63.1 Å². The van der Waals surface area contributed by atoms with Crippen molar-refractivity contribution in [2.45, 2.75) is 76.0 Å². The van der Waals surface area contributed by atoms with Crippen LogP contribution >= 0.6 is 0 Å². The first-order valence-corrected chi connectivity index (χ1v) is 13.5. The number of hydrogen-bond donors (Lipinski definition) is 4. The highest BCUT2D eigenvalue weighted by Gasteiger charge is 2.43. The summed E-state index contributed by atoms with van der Waals surface area (Å²) >= 11 is 0. The number of aromatic hydroxyl groups is 1. The fraction of sp³-hybridized carbons (Fsp3) is 0.630. The Morgan fingerprint density at radius 3 is 2.92 bits per heavy atom. The van der Waals surface area contributed by atoms with Crippen LogP contribution in [0.5, 0.6) is 5.75 Å². The van der Waals surface area contributed by atoms with Gasteiger partial charge in [-0.3, -0.25) is 15.2 Å². The second-order valence-electron chi connectivity index (χ2n) is 11.0. The minimum atomic E-state index is -0.522. The first-order valence-electron chi connectivity index (χ1n) is 13.5. The third kappa shape index (κ3) is 4.30. The van der Waals surface area contributed by atoms with Crippen LogP contribution in [0, 0.1) is 23.1 Å². The normalized spacial score (nSPS) is 28.9. The van der Waals surface area contributed by atoms with Gasteiger partial charge in [0.1, 0.15) is 5.82 Å². The monoisotopic (exact) mass is 493 g/mol. The molecule has 0 radical (unpaired) electrons. The standard InChI is InChI=1S/C27H36FN7O/c1-2-16-11-25(36)21(28)12-20(16)17-4-5-19-23(10-17)32-33-26(19)27-30-22-6-9-35(15-24(22)31-27)18-13-34(14-18)8-3-7-29/h11-12,17-19,23,26,32-33,36H,2-6,8-10,13-15H2,1H3,(H,30,31). The molecular formula is C27H36FN7O. The van der Waals surface area contributed by atoms with Gasteiger partial charge in [0.05, 0.1) is 23.5 Å². The Bertz CT molecular complexity index is 1150. The van der Waals surface area contributed by atoms with Crippen LogP contribution in [0.2, 0.25) is 0 Å². The van der Waals surface area contributed by atoms with Crippen molar-refractivity contribution >= 4 is 0 Å². The number of imidazole rings is 1. The quantitative estimate of drug-likeness (QED) is 0.491. The maximum absolute atomic E-state index is 14.2. The van der Waals surface area contributed by atoms with Gasteiger partial charge in [0.15, 0.2) is 11.6 Å². The van der Waals surface area contributed by atoms with Crippen LogP contribution in [0.1, 0.15) is 72.9 Å². The fourth-order valence-electron chi connectivity index (χ4n) is 6.88. The molecule has 1 aromatic heterocycles. The summed E-state index contributed by atoms with van der Waals surface area (Å²) in [4.78, 5) is 13.6. The third-order valence-electron chi connectivity index (χ3n) is 8.95. The van der Waals surface area contributed by atoms with Crippen LogP contribution in [0.25, 0.3) is 0 Å². The number of aryl methyl sites for hydroxylation is 1. The molecule has 1 saturated carbocycles. The largest absolute Gasteiger partial charge is 0.505 e. The van der Waals surface area contributed by atoms with Crippen molar-refractivity contribution in [3.8, 4) is 11.8 Å². The van der Waals surface area contributed by atoms with Gasteiger partial charge in [0.25, 0.3) is 0 Å². The second-order valence-corrected chi connectivity index (χ2v) is 11.0. The Kier molecular flexibility index (Phi) is 6.46. The first-order chi connectivity index (χ1) is 17.5. The van der Waals surface area contributed by atoms with E-state index in [1.54, 1.807) is 12.1 Å². The van der Waals surface area contributed by atoms with Crippen LogP contribution in [-0.2, 0) is 19.4 Å². The average Bonchev–Trinajstić information content (AvgIpc) is 3.47. The number of likely N-dealkylation sites (tertiary alicyclic amines) is 1. The molecule has 0 bridgehead atoms. The molecule has 4 N–H and O–H groups in total. The summed E-state index contributed by atoms with van der Waals surface area (Å²) in [6, 6.07) is 6.43. The van der Waals surface area contributed by atoms with Crippen molar-refractivity contribution in [2.75, 3.05) is 26.2 Å². The molecule has 4 aliphatic rings. The van der Waals surface area contributed by atoms with Crippen molar-refractivity contribution in [1.29, 1.82) is 5.26 Å². The predicted octanol–water partition coefficient (Wildman–Crippen LogP) is 2.87. The molecule has 3 fully saturated rings. The van der Waals surface area contributed by atoms with Gasteiger partial charge in [-0.15, -0.1) is 0 Å². The number of nitrogens with zero attached hydrogens (tertiary/aromatic N) is 4. The van der Waals surface area contributed by atoms with Gasteiger partial charge >= 0.3 is 0 Å². The molecule has 8 nitrogen and oxygen atoms in total. The summed E-state index contributed by atoms with van der Waals surface area (Å²) in [5.74, 6) is 0.996. The molecule has 1 aromatic carbocycles. The molecule has 0 spiro atoms. The van der Waals surface area contributed by atoms with E-state index in [9.17, 15) is 9.50 Å². The minimum absolute atomic E-state index is 0.155. The summed E-state index contributed by atoms with van der Waals surface area (Å²) in [5.41, 5.74) is 11.6. The van der Waals surface area contributed by atoms with Gasteiger partial charge in [-0.05, 0) is 60.8 Å². The predicted molar refractivity (Wildman–Crippen MR) is 133 cm³/mol. The Balaban J connectivity index is 1.10. The maximum Gasteiger partial charge on any atom is 0.165 e. The minimum Gasteiger partial charge on any atom is -0.505 e. The summed E-state index contributed by atoms with van der Waals surface area (Å²) in [6.07, 6.45) is 5.38. The van der Waals surface area contributed by atoms with E-state index in [2.05, 4.69) is 38.6 Å². The van der Waals surface area contributed by atoms with Gasteiger partial charge in [-0.2, -0.15) is 5.26 Å². The molecule has 36 heavy (non-hydrogen) atoms. The number of H-pyrrole nitrogens is 1. The maximum atomic E-state index is 14.2. The van der Waals surface area contributed by atoms with Crippen LogP contribution in [0.3, 0.4) is 0 Å². The van der Waals surface area contributed by atoms with Gasteiger partial charge in [0, 0.05) is 57.6 Å². The molecule has 6 rings (SSSR count). The highest BCUT2D eigenvalue weighted by Crippen LogP contribution is 2.44. The number of phenolic OH excluding ortho intramolecular Hbond substituents is 1. The summed E-state index contributed by atoms with van der Waals surface area (Å²) < 4.78 is 14.2. The molecule has 9 heteroatoms. The van der Waals surface area contributed by atoms with Crippen LogP contribution < -0.4 is 10.9 Å². The number of aromatic nitrogens is 2. The molecule has 0 amide bonds. The molecule has 192 valence electrons. The number of halogens is 1. The van der Waals surface area contributed by atoms with E-state index in [0.29, 0.717) is 24.4 Å². The number of benzene rings is 1. The van der Waals surface area contributed by atoms with Crippen molar-refractivity contribution in [3.63, 3.8) is 0 Å². The topological polar surface area (TPSA) is 103 Å². The number of aromatic amines is 1. The Morgan fingerprint density at radius 1 is 1.25 bits per heavy atom. The molecule has 4 heterocycles. The number of phenols is 1. The van der Waals surface area contributed by atoms with Gasteiger partial charge in [-0.25, -0.2) is 14.8 Å². The zero-order valence-electron chi connectivity index (χ0n) is 20.9. The molecule has 3 aliphatic heterocycles. The number of nitriles is 1. The van der Waals surface area contributed by atoms with Crippen molar-refractivity contribution in [3.05, 3.63) is 46.3 Å². The number of fused-ring (bicyclic) bond motifs is 2. The number of hydrazine groups is 1. The summed E-state index contributed by atoms with van der Waals surface area (Å²) in [7, 11) is 0. The molecule has 1 aliphatic carbocycles. The van der Waals surface area contributed by atoms with Gasteiger partial charge in [0.2, 0.25) is 0 Å². The highest BCUT2D eigenvalue weighted by molar-refractivity contribution is 5.39. The summed E-state index contributed by atoms with van der Waals surface area (Å²) in [6.45, 7) is 7.01. The Hall–Kier alpha value is -2.51. The van der Waals surface area contributed by atoms with E-state index in [0.717, 1.165) is 81.8 Å². The molecule has 2 saturated heterocycles. The SMILES string of the molecule is CCc1cc(O)c(F)cc1C1CCC2C(C1)NNC2c1nc2c([nH]1)CN(C1CN(CCC#N)C1)CC2. The van der Waals surface area contributed by atoms with Gasteiger partial charge in [-0.1, -0.05) is 6.92 Å². The van der Waals surface area contributed by atoms with E-state index >= 15 is 0 Å². The number of hydrogen-bond acceptors (Lipinski definition) is 7. The smallest absolute Gasteiger partial charge is 0.165 e. The van der Waals surface area contributed by atoms with Crippen molar-refractivity contribution in [1.82, 2.24) is 30.6 Å². The zero-order valence-corrected chi connectivity index (χ0v) is 20.9. The molecule has 2 aromatic rings. The highest BCUT2D eigenvalue weighted by atomic mass is 19.1. The van der Waals surface area contributed by atoms with Crippen LogP contribution in [0.4, 0.5) is 4.39 Å². The van der Waals surface area contributed by atoms with E-state index in [4.69, 9.17) is 10.2 Å². The van der Waals surface area contributed by atoms with Gasteiger partial charge < -0.3 is 10.1 Å². The van der Waals surface area contributed by atoms with E-state index in [1.165, 1.54) is 11.4 Å². The fourth-order valence-corrected chi connectivity index (χ4v) is 6.88. The van der Waals surface area contributed by atoms with E-state index < -0.39 is 5.82 Å². The summed E-state index contributed by atoms with van der Waals surface area (Å²) in [5, 5.41) is 18.6. The lowest BCUT2D eigenvalue weighted by Crippen LogP contribution is -2.60. The lowest BCUT2D eigenvalue weighted by molar-refractivity contribution is 0.0266. The first kappa shape index (κ1) is 23.9. The van der Waals surface area contributed by atoms with Crippen molar-refractivity contribution in [2.24, 2.45) is 5.92 Å².